The minimum atomic E-state index is -3.99. The molecule has 0 saturated heterocycles. The number of nitrogens with one attached hydrogen (secondary N) is 1. The van der Waals surface area contributed by atoms with Gasteiger partial charge in [0.1, 0.15) is 0 Å². The van der Waals surface area contributed by atoms with Crippen LogP contribution in [0.15, 0.2) is 82.8 Å². The summed E-state index contributed by atoms with van der Waals surface area (Å²) < 4.78 is 27.5. The molecule has 9 heteroatoms. The van der Waals surface area contributed by atoms with Gasteiger partial charge in [-0.1, -0.05) is 65.2 Å². The first-order chi connectivity index (χ1) is 15.2. The zero-order valence-corrected chi connectivity index (χ0v) is 19.5. The summed E-state index contributed by atoms with van der Waals surface area (Å²) in [5.41, 5.74) is 4.90. The molecule has 0 aliphatic heterocycles. The summed E-state index contributed by atoms with van der Waals surface area (Å²) in [7, 11) is -3.99. The van der Waals surface area contributed by atoms with Crippen molar-refractivity contribution in [1.29, 1.82) is 0 Å². The number of carbonyl (C=O) groups is 1. The largest absolute Gasteiger partial charge is 0.272 e. The van der Waals surface area contributed by atoms with Gasteiger partial charge < -0.3 is 0 Å². The lowest BCUT2D eigenvalue weighted by atomic mass is 10.2. The van der Waals surface area contributed by atoms with E-state index in [-0.39, 0.29) is 11.4 Å². The third-order valence-corrected chi connectivity index (χ3v) is 6.76. The van der Waals surface area contributed by atoms with Crippen LogP contribution in [0, 0.1) is 6.92 Å². The summed E-state index contributed by atoms with van der Waals surface area (Å²) in [6, 6.07) is 20.2. The van der Waals surface area contributed by atoms with Gasteiger partial charge in [-0.2, -0.15) is 9.41 Å². The topological polar surface area (TPSA) is 78.8 Å². The number of rotatable bonds is 8. The molecule has 6 nitrogen and oxygen atoms in total. The molecular weight excluding hydrogens is 469 g/mol. The minimum Gasteiger partial charge on any atom is -0.272 e. The van der Waals surface area contributed by atoms with Gasteiger partial charge in [0.05, 0.1) is 17.7 Å². The summed E-state index contributed by atoms with van der Waals surface area (Å²) >= 11 is 11.9. The monoisotopic (exact) mass is 489 g/mol. The number of aryl methyl sites for hydroxylation is 1. The maximum atomic E-state index is 13.2. The second-order valence-corrected chi connectivity index (χ2v) is 9.88. The van der Waals surface area contributed by atoms with Gasteiger partial charge in [0.25, 0.3) is 5.91 Å². The number of benzene rings is 3. The van der Waals surface area contributed by atoms with Gasteiger partial charge in [0, 0.05) is 16.6 Å². The van der Waals surface area contributed by atoms with Crippen LogP contribution in [-0.2, 0) is 21.4 Å². The molecule has 0 aromatic heterocycles. The van der Waals surface area contributed by atoms with E-state index in [1.54, 1.807) is 24.3 Å². The number of hydrazone groups is 1. The van der Waals surface area contributed by atoms with Crippen LogP contribution in [-0.4, -0.2) is 31.4 Å². The van der Waals surface area contributed by atoms with Crippen molar-refractivity contribution in [3.63, 3.8) is 0 Å². The predicted octanol–water partition coefficient (Wildman–Crippen LogP) is 4.64. The fourth-order valence-electron chi connectivity index (χ4n) is 2.95. The Labute approximate surface area is 197 Å². The Morgan fingerprint density at radius 3 is 2.41 bits per heavy atom. The average molecular weight is 490 g/mol. The van der Waals surface area contributed by atoms with E-state index in [9.17, 15) is 13.2 Å². The third-order valence-electron chi connectivity index (χ3n) is 4.46. The van der Waals surface area contributed by atoms with Crippen LogP contribution in [0.2, 0.25) is 10.0 Å². The molecule has 0 saturated carbocycles. The molecule has 1 amide bonds. The van der Waals surface area contributed by atoms with E-state index in [0.29, 0.717) is 15.6 Å². The summed E-state index contributed by atoms with van der Waals surface area (Å²) in [6.45, 7) is 1.48. The van der Waals surface area contributed by atoms with Gasteiger partial charge in [-0.15, -0.1) is 0 Å². The van der Waals surface area contributed by atoms with Gasteiger partial charge >= 0.3 is 0 Å². The van der Waals surface area contributed by atoms with Crippen molar-refractivity contribution in [2.24, 2.45) is 5.10 Å². The first kappa shape index (κ1) is 23.9. The van der Waals surface area contributed by atoms with Gasteiger partial charge in [0.15, 0.2) is 0 Å². The molecule has 1 N–H and O–H groups in total. The third kappa shape index (κ3) is 6.64. The first-order valence-electron chi connectivity index (χ1n) is 9.63. The summed E-state index contributed by atoms with van der Waals surface area (Å²) in [5.74, 6) is -0.575. The fourth-order valence-corrected chi connectivity index (χ4v) is 4.67. The van der Waals surface area contributed by atoms with E-state index in [0.717, 1.165) is 15.4 Å². The van der Waals surface area contributed by atoms with E-state index in [1.165, 1.54) is 30.5 Å². The Morgan fingerprint density at radius 2 is 1.72 bits per heavy atom. The van der Waals surface area contributed by atoms with Gasteiger partial charge in [-0.05, 0) is 54.4 Å². The van der Waals surface area contributed by atoms with E-state index in [2.05, 4.69) is 10.5 Å². The van der Waals surface area contributed by atoms with Crippen molar-refractivity contribution >= 4 is 45.3 Å². The van der Waals surface area contributed by atoms with Crippen molar-refractivity contribution in [3.05, 3.63) is 99.5 Å². The van der Waals surface area contributed by atoms with Gasteiger partial charge in [-0.3, -0.25) is 4.79 Å². The van der Waals surface area contributed by atoms with Crippen LogP contribution >= 0.6 is 23.2 Å². The number of hydrogen-bond acceptors (Lipinski definition) is 4. The highest BCUT2D eigenvalue weighted by Crippen LogP contribution is 2.21. The van der Waals surface area contributed by atoms with Gasteiger partial charge in [-0.25, -0.2) is 13.8 Å². The molecule has 3 aromatic rings. The minimum absolute atomic E-state index is 0.0278. The molecule has 0 heterocycles. The van der Waals surface area contributed by atoms with Crippen molar-refractivity contribution in [2.45, 2.75) is 18.4 Å². The molecule has 3 rings (SSSR count). The lowest BCUT2D eigenvalue weighted by Crippen LogP contribution is -2.39. The Balaban J connectivity index is 1.80. The van der Waals surface area contributed by atoms with E-state index in [4.69, 9.17) is 23.2 Å². The molecule has 0 bridgehead atoms. The van der Waals surface area contributed by atoms with Gasteiger partial charge in [0.2, 0.25) is 10.0 Å². The molecule has 0 unspecified atom stereocenters. The van der Waals surface area contributed by atoms with Crippen molar-refractivity contribution in [3.8, 4) is 0 Å². The lowest BCUT2D eigenvalue weighted by molar-refractivity contribution is -0.121. The standard InChI is InChI=1S/C23H21Cl2N3O3S/c1-17-4-2-5-18(12-17)14-26-27-23(29)16-28(15-19-6-3-7-21(25)13-19)32(30,31)22-10-8-20(24)9-11-22/h2-14H,15-16H2,1H3,(H,27,29)/b26-14-. The van der Waals surface area contributed by atoms with Crippen LogP contribution in [0.25, 0.3) is 0 Å². The molecule has 32 heavy (non-hydrogen) atoms. The van der Waals surface area contributed by atoms with Crippen molar-refractivity contribution in [1.82, 2.24) is 9.73 Å². The maximum absolute atomic E-state index is 13.2. The number of carbonyl (C=O) groups excluding carboxylic acids is 1. The van der Waals surface area contributed by atoms with E-state index < -0.39 is 22.5 Å². The van der Waals surface area contributed by atoms with Crippen LogP contribution in [0.3, 0.4) is 0 Å². The first-order valence-corrected chi connectivity index (χ1v) is 11.8. The molecular formula is C23H21Cl2N3O3S. The molecule has 0 aliphatic carbocycles. The molecule has 0 radical (unpaired) electrons. The van der Waals surface area contributed by atoms with E-state index in [1.807, 2.05) is 31.2 Å². The smallest absolute Gasteiger partial charge is 0.255 e. The Morgan fingerprint density at radius 1 is 1.00 bits per heavy atom. The predicted molar refractivity (Wildman–Crippen MR) is 127 cm³/mol. The summed E-state index contributed by atoms with van der Waals surface area (Å²) in [4.78, 5) is 12.5. The fraction of sp³-hybridized carbons (Fsp3) is 0.130. The Kier molecular flexibility index (Phi) is 8.04. The van der Waals surface area contributed by atoms with Crippen LogP contribution < -0.4 is 5.43 Å². The summed E-state index contributed by atoms with van der Waals surface area (Å²) in [5, 5.41) is 4.82. The lowest BCUT2D eigenvalue weighted by Gasteiger charge is -2.21. The zero-order valence-electron chi connectivity index (χ0n) is 17.2. The Bertz CT molecular complexity index is 1230. The number of halogens is 2. The number of sulfonamides is 1. The highest BCUT2D eigenvalue weighted by molar-refractivity contribution is 7.89. The highest BCUT2D eigenvalue weighted by Gasteiger charge is 2.27. The molecule has 0 atom stereocenters. The van der Waals surface area contributed by atoms with Crippen molar-refractivity contribution in [2.75, 3.05) is 6.54 Å². The second-order valence-electron chi connectivity index (χ2n) is 7.06. The molecule has 0 spiro atoms. The molecule has 0 aliphatic rings. The normalized spacial score (nSPS) is 11.8. The van der Waals surface area contributed by atoms with E-state index >= 15 is 0 Å². The number of nitrogens with zero attached hydrogens (tertiary/aromatic N) is 2. The number of amides is 1. The quantitative estimate of drug-likeness (QED) is 0.369. The molecule has 3 aromatic carbocycles. The molecule has 0 fully saturated rings. The summed E-state index contributed by atoms with van der Waals surface area (Å²) in [6.07, 6.45) is 1.50. The highest BCUT2D eigenvalue weighted by atomic mass is 35.5. The zero-order chi connectivity index (χ0) is 23.1. The Hall–Kier alpha value is -2.71. The van der Waals surface area contributed by atoms with Crippen molar-refractivity contribution < 1.29 is 13.2 Å². The van der Waals surface area contributed by atoms with Crippen LogP contribution in [0.4, 0.5) is 0 Å². The number of hydrogen-bond donors (Lipinski definition) is 1. The van der Waals surface area contributed by atoms with Crippen LogP contribution in [0.1, 0.15) is 16.7 Å². The SMILES string of the molecule is Cc1cccc(/C=N\NC(=O)CN(Cc2cccc(Cl)c2)S(=O)(=O)c2ccc(Cl)cc2)c1. The van der Waals surface area contributed by atoms with Crippen LogP contribution in [0.5, 0.6) is 0 Å². The maximum Gasteiger partial charge on any atom is 0.255 e. The second kappa shape index (κ2) is 10.7. The molecule has 166 valence electrons. The average Bonchev–Trinajstić information content (AvgIpc) is 2.74.